The average Bonchev–Trinajstić information content (AvgIpc) is 3.26. The first-order valence-corrected chi connectivity index (χ1v) is 7.94. The van der Waals surface area contributed by atoms with Gasteiger partial charge >= 0.3 is 0 Å². The topological polar surface area (TPSA) is 39.5 Å². The highest BCUT2D eigenvalue weighted by atomic mass is 16.7. The summed E-state index contributed by atoms with van der Waals surface area (Å²) >= 11 is 0. The Kier molecular flexibility index (Phi) is 3.92. The van der Waals surface area contributed by atoms with Gasteiger partial charge in [-0.15, -0.1) is 0 Å². The molecule has 5 heteroatoms. The minimum Gasteiger partial charge on any atom is -0.454 e. The lowest BCUT2D eigenvalue weighted by Gasteiger charge is -2.17. The number of benzene rings is 2. The van der Waals surface area contributed by atoms with Gasteiger partial charge < -0.3 is 9.47 Å². The molecular weight excluding hydrogens is 302 g/mol. The van der Waals surface area contributed by atoms with Gasteiger partial charge in [0.25, 0.3) is 0 Å². The molecule has 1 aliphatic heterocycles. The first-order chi connectivity index (χ1) is 11.8. The van der Waals surface area contributed by atoms with Gasteiger partial charge in [-0.05, 0) is 48.5 Å². The van der Waals surface area contributed by atoms with E-state index in [0.717, 1.165) is 30.3 Å². The molecule has 0 amide bonds. The maximum Gasteiger partial charge on any atom is 0.231 e. The van der Waals surface area contributed by atoms with Crippen molar-refractivity contribution in [3.63, 3.8) is 0 Å². The Balaban J connectivity index is 1.40. The minimum absolute atomic E-state index is 0.317. The molecule has 1 aromatic heterocycles. The van der Waals surface area contributed by atoms with Crippen LogP contribution in [0.15, 0.2) is 60.9 Å². The summed E-state index contributed by atoms with van der Waals surface area (Å²) in [6.07, 6.45) is 3.73. The van der Waals surface area contributed by atoms with Gasteiger partial charge in [0.1, 0.15) is 0 Å². The third kappa shape index (κ3) is 3.12. The second kappa shape index (κ2) is 6.37. The Morgan fingerprint density at radius 2 is 1.75 bits per heavy atom. The summed E-state index contributed by atoms with van der Waals surface area (Å²) in [5.41, 5.74) is 3.56. The number of rotatable bonds is 5. The molecule has 1 aliphatic rings. The van der Waals surface area contributed by atoms with Crippen molar-refractivity contribution in [3.8, 4) is 17.2 Å². The molecule has 0 fully saturated rings. The van der Waals surface area contributed by atoms with Crippen LogP contribution in [0.25, 0.3) is 5.69 Å². The predicted octanol–water partition coefficient (Wildman–Crippen LogP) is 3.23. The molecule has 2 heterocycles. The van der Waals surface area contributed by atoms with Crippen LogP contribution in [0, 0.1) is 0 Å². The smallest absolute Gasteiger partial charge is 0.231 e. The molecule has 2 aromatic carbocycles. The maximum atomic E-state index is 5.44. The van der Waals surface area contributed by atoms with Gasteiger partial charge in [0.2, 0.25) is 6.79 Å². The summed E-state index contributed by atoms with van der Waals surface area (Å²) < 4.78 is 12.7. The summed E-state index contributed by atoms with van der Waals surface area (Å²) in [5, 5.41) is 4.25. The Morgan fingerprint density at radius 1 is 1.00 bits per heavy atom. The summed E-state index contributed by atoms with van der Waals surface area (Å²) in [6.45, 7) is 2.06. The average molecular weight is 321 g/mol. The molecule has 0 saturated heterocycles. The van der Waals surface area contributed by atoms with Crippen LogP contribution < -0.4 is 9.47 Å². The van der Waals surface area contributed by atoms with E-state index in [1.165, 1.54) is 11.1 Å². The molecule has 3 aromatic rings. The Bertz CT molecular complexity index is 813. The number of hydrogen-bond acceptors (Lipinski definition) is 4. The van der Waals surface area contributed by atoms with Crippen molar-refractivity contribution >= 4 is 0 Å². The van der Waals surface area contributed by atoms with Crippen LogP contribution in [-0.2, 0) is 13.1 Å². The molecule has 0 unspecified atom stereocenters. The first kappa shape index (κ1) is 14.8. The zero-order chi connectivity index (χ0) is 16.4. The van der Waals surface area contributed by atoms with E-state index in [1.807, 2.05) is 23.0 Å². The normalized spacial score (nSPS) is 12.8. The molecule has 0 atom stereocenters. The van der Waals surface area contributed by atoms with Crippen molar-refractivity contribution in [2.24, 2.45) is 0 Å². The van der Waals surface area contributed by atoms with Gasteiger partial charge in [0.15, 0.2) is 11.5 Å². The van der Waals surface area contributed by atoms with E-state index in [9.17, 15) is 0 Å². The van der Waals surface area contributed by atoms with Crippen LogP contribution in [0.3, 0.4) is 0 Å². The van der Waals surface area contributed by atoms with Gasteiger partial charge in [-0.3, -0.25) is 4.90 Å². The first-order valence-electron chi connectivity index (χ1n) is 7.94. The van der Waals surface area contributed by atoms with Crippen molar-refractivity contribution in [1.82, 2.24) is 14.7 Å². The second-order valence-electron chi connectivity index (χ2n) is 5.98. The fraction of sp³-hybridized carbons (Fsp3) is 0.211. The monoisotopic (exact) mass is 321 g/mol. The van der Waals surface area contributed by atoms with Crippen LogP contribution >= 0.6 is 0 Å². The highest BCUT2D eigenvalue weighted by molar-refractivity contribution is 5.44. The number of fused-ring (bicyclic) bond motifs is 1. The predicted molar refractivity (Wildman–Crippen MR) is 91.3 cm³/mol. The quantitative estimate of drug-likeness (QED) is 0.723. The Labute approximate surface area is 141 Å². The summed E-state index contributed by atoms with van der Waals surface area (Å²) in [4.78, 5) is 2.28. The largest absolute Gasteiger partial charge is 0.454 e. The lowest BCUT2D eigenvalue weighted by atomic mass is 10.1. The number of ether oxygens (including phenoxy) is 2. The molecule has 0 bridgehead atoms. The molecule has 24 heavy (non-hydrogen) atoms. The standard InChI is InChI=1S/C19H19N3O2/c1-21(13-16-5-8-18-19(11-16)24-14-23-18)12-15-3-6-17(7-4-15)22-10-2-9-20-22/h2-11H,12-14H2,1H3. The van der Waals surface area contributed by atoms with Crippen LogP contribution in [0.1, 0.15) is 11.1 Å². The highest BCUT2D eigenvalue weighted by Crippen LogP contribution is 2.32. The maximum absolute atomic E-state index is 5.44. The molecule has 122 valence electrons. The minimum atomic E-state index is 0.317. The Hall–Kier alpha value is -2.79. The molecule has 0 spiro atoms. The van der Waals surface area contributed by atoms with Crippen molar-refractivity contribution < 1.29 is 9.47 Å². The van der Waals surface area contributed by atoms with Crippen LogP contribution in [-0.4, -0.2) is 28.5 Å². The van der Waals surface area contributed by atoms with Crippen molar-refractivity contribution in [3.05, 3.63) is 72.1 Å². The third-order valence-electron chi connectivity index (χ3n) is 4.05. The zero-order valence-electron chi connectivity index (χ0n) is 13.6. The van der Waals surface area contributed by atoms with Gasteiger partial charge in [0, 0.05) is 25.5 Å². The van der Waals surface area contributed by atoms with Crippen LogP contribution in [0.4, 0.5) is 0 Å². The summed E-state index contributed by atoms with van der Waals surface area (Å²) in [7, 11) is 2.12. The number of nitrogens with zero attached hydrogens (tertiary/aromatic N) is 3. The Morgan fingerprint density at radius 3 is 2.54 bits per heavy atom. The van der Waals surface area contributed by atoms with Crippen LogP contribution in [0.5, 0.6) is 11.5 Å². The summed E-state index contributed by atoms with van der Waals surface area (Å²) in [5.74, 6) is 1.67. The van der Waals surface area contributed by atoms with E-state index in [0.29, 0.717) is 6.79 Å². The van der Waals surface area contributed by atoms with Gasteiger partial charge in [-0.25, -0.2) is 4.68 Å². The van der Waals surface area contributed by atoms with E-state index in [-0.39, 0.29) is 0 Å². The van der Waals surface area contributed by atoms with E-state index >= 15 is 0 Å². The lowest BCUT2D eigenvalue weighted by molar-refractivity contribution is 0.174. The second-order valence-corrected chi connectivity index (χ2v) is 5.98. The third-order valence-corrected chi connectivity index (χ3v) is 4.05. The van der Waals surface area contributed by atoms with Gasteiger partial charge in [-0.2, -0.15) is 5.10 Å². The molecule has 0 radical (unpaired) electrons. The SMILES string of the molecule is CN(Cc1ccc(-n2cccn2)cc1)Cc1ccc2c(c1)OCO2. The lowest BCUT2D eigenvalue weighted by Crippen LogP contribution is -2.17. The summed E-state index contributed by atoms with van der Waals surface area (Å²) in [6, 6.07) is 16.5. The van der Waals surface area contributed by atoms with Crippen molar-refractivity contribution in [1.29, 1.82) is 0 Å². The molecular formula is C19H19N3O2. The molecule has 0 aliphatic carbocycles. The number of aromatic nitrogens is 2. The number of hydrogen-bond donors (Lipinski definition) is 0. The highest BCUT2D eigenvalue weighted by Gasteiger charge is 2.13. The fourth-order valence-corrected chi connectivity index (χ4v) is 2.89. The van der Waals surface area contributed by atoms with E-state index < -0.39 is 0 Å². The van der Waals surface area contributed by atoms with E-state index in [2.05, 4.69) is 53.4 Å². The zero-order valence-corrected chi connectivity index (χ0v) is 13.6. The van der Waals surface area contributed by atoms with Gasteiger partial charge in [-0.1, -0.05) is 18.2 Å². The van der Waals surface area contributed by atoms with Crippen molar-refractivity contribution in [2.45, 2.75) is 13.1 Å². The van der Waals surface area contributed by atoms with E-state index in [4.69, 9.17) is 9.47 Å². The molecule has 5 nitrogen and oxygen atoms in total. The van der Waals surface area contributed by atoms with Crippen molar-refractivity contribution in [2.75, 3.05) is 13.8 Å². The molecule has 0 saturated carbocycles. The van der Waals surface area contributed by atoms with Crippen LogP contribution in [0.2, 0.25) is 0 Å². The molecule has 4 rings (SSSR count). The fourth-order valence-electron chi connectivity index (χ4n) is 2.89. The molecule has 0 N–H and O–H groups in total. The van der Waals surface area contributed by atoms with E-state index in [1.54, 1.807) is 6.20 Å². The van der Waals surface area contributed by atoms with Gasteiger partial charge in [0.05, 0.1) is 5.69 Å².